The Hall–Kier alpha value is -3.54. The molecule has 2 saturated carbocycles. The summed E-state index contributed by atoms with van der Waals surface area (Å²) in [6.07, 6.45) is 2.97. The fourth-order valence-corrected chi connectivity index (χ4v) is 9.79. The van der Waals surface area contributed by atoms with E-state index < -0.39 is 21.3 Å². The molecule has 2 atom stereocenters. The average molecular weight is 663 g/mol. The fraction of sp³-hybridized carbons (Fsp3) is 0.419. The van der Waals surface area contributed by atoms with Crippen LogP contribution in [-0.2, 0) is 32.2 Å². The van der Waals surface area contributed by atoms with Gasteiger partial charge in [0, 0.05) is 6.42 Å². The van der Waals surface area contributed by atoms with Gasteiger partial charge in [0.15, 0.2) is 0 Å². The summed E-state index contributed by atoms with van der Waals surface area (Å²) in [5, 5.41) is 0. The van der Waals surface area contributed by atoms with E-state index in [1.807, 2.05) is 13.8 Å². The monoisotopic (exact) mass is 662 g/mol. The zero-order chi connectivity index (χ0) is 34.9. The zero-order valence-corrected chi connectivity index (χ0v) is 30.6. The van der Waals surface area contributed by atoms with Crippen molar-refractivity contribution in [3.63, 3.8) is 0 Å². The minimum Gasteiger partial charge on any atom is -0.299 e. The third kappa shape index (κ3) is 6.09. The van der Waals surface area contributed by atoms with Crippen LogP contribution in [0.3, 0.4) is 0 Å². The molecule has 4 aromatic carbocycles. The first-order chi connectivity index (χ1) is 22.3. The molecule has 1 N–H and O–H groups in total. The van der Waals surface area contributed by atoms with E-state index in [9.17, 15) is 13.2 Å². The van der Waals surface area contributed by atoms with E-state index in [2.05, 4.69) is 126 Å². The Morgan fingerprint density at radius 1 is 0.729 bits per heavy atom. The Morgan fingerprint density at radius 2 is 1.27 bits per heavy atom. The number of Topliss-reactive ketones (excluding diaryl/α,β-unsaturated/α-hetero) is 1. The van der Waals surface area contributed by atoms with Gasteiger partial charge in [-0.05, 0) is 97.1 Å². The number of hydrogen-bond donors (Lipinski definition) is 1. The van der Waals surface area contributed by atoms with Crippen molar-refractivity contribution in [3.05, 3.63) is 107 Å². The van der Waals surface area contributed by atoms with Crippen LogP contribution >= 0.6 is 0 Å². The van der Waals surface area contributed by atoms with Crippen LogP contribution in [0.1, 0.15) is 96.9 Å². The van der Waals surface area contributed by atoms with Crippen molar-refractivity contribution in [2.24, 2.45) is 16.7 Å². The second kappa shape index (κ2) is 11.8. The predicted octanol–water partition coefficient (Wildman–Crippen LogP) is 10.5. The quantitative estimate of drug-likeness (QED) is 0.194. The number of ketones is 1. The molecule has 252 valence electrons. The van der Waals surface area contributed by atoms with Crippen LogP contribution in [0, 0.1) is 16.7 Å². The number of carbonyl (C=O) groups is 1. The van der Waals surface area contributed by atoms with Gasteiger partial charge in [0.2, 0.25) is 0 Å². The van der Waals surface area contributed by atoms with Crippen LogP contribution in [0.4, 0.5) is 0 Å². The smallest absolute Gasteiger partial charge is 0.265 e. The molecule has 0 heterocycles. The van der Waals surface area contributed by atoms with E-state index in [-0.39, 0.29) is 27.9 Å². The van der Waals surface area contributed by atoms with E-state index in [0.29, 0.717) is 12.8 Å². The SMILES string of the molecule is CC(C)(C)c1ccc(-c2ccc3c(c2-c2ccc(C(C)(C)C)cc2)Cc2ccccc2-3)cc1.CC1(C)C2CCC1(CS(=O)(=O)O)C(=O)C2. The summed E-state index contributed by atoms with van der Waals surface area (Å²) >= 11 is 0. The highest BCUT2D eigenvalue weighted by molar-refractivity contribution is 7.85. The lowest BCUT2D eigenvalue weighted by molar-refractivity contribution is -0.128. The normalized spacial score (nSPS) is 21.0. The highest BCUT2D eigenvalue weighted by atomic mass is 32.2. The van der Waals surface area contributed by atoms with Gasteiger partial charge in [-0.25, -0.2) is 0 Å². The van der Waals surface area contributed by atoms with E-state index >= 15 is 0 Å². The molecule has 3 aliphatic carbocycles. The maximum Gasteiger partial charge on any atom is 0.265 e. The number of carbonyl (C=O) groups excluding carboxylic acids is 1. The standard InChI is InChI=1S/C33H34.C10H16O4S/c1-32(2,3)25-15-11-22(12-16-25)28-19-20-29-27-10-8-7-9-24(27)21-30(29)31(28)23-13-17-26(18-14-23)33(4,5)6;1-9(2)7-3-4-10(9,8(11)5-7)6-15(12,13)14/h7-20H,21H2,1-6H3;7H,3-6H2,1-2H3,(H,12,13,14). The van der Waals surface area contributed by atoms with Crippen LogP contribution in [0.15, 0.2) is 84.9 Å². The lowest BCUT2D eigenvalue weighted by Crippen LogP contribution is -2.42. The lowest BCUT2D eigenvalue weighted by atomic mass is 9.70. The molecule has 0 aromatic heterocycles. The van der Waals surface area contributed by atoms with Gasteiger partial charge in [0.05, 0.1) is 11.2 Å². The molecule has 5 heteroatoms. The van der Waals surface area contributed by atoms with Crippen LogP contribution in [0.5, 0.6) is 0 Å². The van der Waals surface area contributed by atoms with Crippen molar-refractivity contribution in [1.29, 1.82) is 0 Å². The van der Waals surface area contributed by atoms with E-state index in [1.165, 1.54) is 55.6 Å². The highest BCUT2D eigenvalue weighted by Crippen LogP contribution is 2.64. The van der Waals surface area contributed by atoms with E-state index in [1.54, 1.807) is 0 Å². The van der Waals surface area contributed by atoms with Crippen molar-refractivity contribution in [2.45, 2.75) is 91.9 Å². The summed E-state index contributed by atoms with van der Waals surface area (Å²) in [4.78, 5) is 11.9. The first kappa shape index (κ1) is 34.3. The molecule has 7 rings (SSSR count). The van der Waals surface area contributed by atoms with Gasteiger partial charge in [-0.2, -0.15) is 8.42 Å². The number of hydrogen-bond acceptors (Lipinski definition) is 3. The Morgan fingerprint density at radius 3 is 1.77 bits per heavy atom. The number of fused-ring (bicyclic) bond motifs is 5. The van der Waals surface area contributed by atoms with Crippen LogP contribution in [0.25, 0.3) is 33.4 Å². The summed E-state index contributed by atoms with van der Waals surface area (Å²) in [6, 6.07) is 32.0. The summed E-state index contributed by atoms with van der Waals surface area (Å²) in [7, 11) is -4.08. The van der Waals surface area contributed by atoms with Crippen molar-refractivity contribution in [2.75, 3.05) is 5.75 Å². The predicted molar refractivity (Wildman–Crippen MR) is 198 cm³/mol. The summed E-state index contributed by atoms with van der Waals surface area (Å²) in [6.45, 7) is 17.6. The fourth-order valence-electron chi connectivity index (χ4n) is 8.49. The van der Waals surface area contributed by atoms with Crippen molar-refractivity contribution < 1.29 is 17.8 Å². The van der Waals surface area contributed by atoms with Gasteiger partial charge in [0.1, 0.15) is 5.78 Å². The van der Waals surface area contributed by atoms with Gasteiger partial charge < -0.3 is 0 Å². The first-order valence-corrected chi connectivity index (χ1v) is 18.9. The third-order valence-corrected chi connectivity index (χ3v) is 12.5. The maximum absolute atomic E-state index is 11.9. The molecule has 0 radical (unpaired) electrons. The van der Waals surface area contributed by atoms with Gasteiger partial charge in [-0.3, -0.25) is 9.35 Å². The topological polar surface area (TPSA) is 71.4 Å². The minimum absolute atomic E-state index is 0.0152. The van der Waals surface area contributed by atoms with Crippen LogP contribution in [-0.4, -0.2) is 24.5 Å². The highest BCUT2D eigenvalue weighted by Gasteiger charge is 2.65. The molecule has 48 heavy (non-hydrogen) atoms. The molecule has 2 fully saturated rings. The molecule has 4 aromatic rings. The van der Waals surface area contributed by atoms with Gasteiger partial charge in [-0.1, -0.05) is 140 Å². The minimum atomic E-state index is -4.08. The maximum atomic E-state index is 11.9. The van der Waals surface area contributed by atoms with Gasteiger partial charge in [-0.15, -0.1) is 0 Å². The van der Waals surface area contributed by atoms with Crippen molar-refractivity contribution in [1.82, 2.24) is 0 Å². The molecule has 2 unspecified atom stereocenters. The van der Waals surface area contributed by atoms with Crippen molar-refractivity contribution in [3.8, 4) is 33.4 Å². The Balaban J connectivity index is 0.000000223. The molecular weight excluding hydrogens is 613 g/mol. The third-order valence-electron chi connectivity index (χ3n) is 11.7. The summed E-state index contributed by atoms with van der Waals surface area (Å²) < 4.78 is 31.0. The Kier molecular flexibility index (Phi) is 8.44. The van der Waals surface area contributed by atoms with Crippen molar-refractivity contribution >= 4 is 15.9 Å². The summed E-state index contributed by atoms with van der Waals surface area (Å²) in [5.41, 5.74) is 12.9. The molecule has 0 saturated heterocycles. The van der Waals surface area contributed by atoms with Gasteiger partial charge in [0.25, 0.3) is 10.1 Å². The lowest BCUT2D eigenvalue weighted by Gasteiger charge is -2.35. The second-order valence-corrected chi connectivity index (χ2v) is 18.3. The molecule has 4 nitrogen and oxygen atoms in total. The van der Waals surface area contributed by atoms with Crippen LogP contribution in [0.2, 0.25) is 0 Å². The molecular formula is C43H50O4S. The molecule has 0 aliphatic heterocycles. The largest absolute Gasteiger partial charge is 0.299 e. The van der Waals surface area contributed by atoms with Crippen LogP contribution < -0.4 is 0 Å². The Labute approximate surface area is 287 Å². The molecule has 0 amide bonds. The first-order valence-electron chi connectivity index (χ1n) is 17.3. The average Bonchev–Trinajstić information content (AvgIpc) is 3.56. The molecule has 2 bridgehead atoms. The van der Waals surface area contributed by atoms with E-state index in [0.717, 1.165) is 12.8 Å². The summed E-state index contributed by atoms with van der Waals surface area (Å²) in [5.74, 6) is -0.101. The van der Waals surface area contributed by atoms with Gasteiger partial charge >= 0.3 is 0 Å². The second-order valence-electron chi connectivity index (χ2n) is 16.9. The number of rotatable bonds is 4. The Bertz CT molecular complexity index is 1970. The number of benzene rings is 4. The molecule has 0 spiro atoms. The van der Waals surface area contributed by atoms with E-state index in [4.69, 9.17) is 4.55 Å². The zero-order valence-electron chi connectivity index (χ0n) is 29.8. The molecule has 3 aliphatic rings.